The van der Waals surface area contributed by atoms with Gasteiger partial charge >= 0.3 is 0 Å². The standard InChI is InChI=1S/C14H27NO3/c1-3-13(12(15)4-9-16-2)5-7-14(8-6-13)17-10-11-18-14/h12H,3-11,15H2,1-2H3. The molecule has 1 aliphatic heterocycles. The van der Waals surface area contributed by atoms with Gasteiger partial charge < -0.3 is 19.9 Å². The molecule has 0 aromatic rings. The lowest BCUT2D eigenvalue weighted by Gasteiger charge is -2.46. The molecule has 2 rings (SSSR count). The third-order valence-electron chi connectivity index (χ3n) is 4.94. The first-order valence-corrected chi connectivity index (χ1v) is 7.19. The first kappa shape index (κ1) is 14.3. The molecule has 2 aliphatic rings. The minimum absolute atomic E-state index is 0.223. The van der Waals surface area contributed by atoms with Crippen LogP contribution >= 0.6 is 0 Å². The van der Waals surface area contributed by atoms with Crippen LogP contribution in [0.15, 0.2) is 0 Å². The van der Waals surface area contributed by atoms with Crippen molar-refractivity contribution in [3.05, 3.63) is 0 Å². The molecule has 0 aromatic heterocycles. The fourth-order valence-corrected chi connectivity index (χ4v) is 3.45. The Balaban J connectivity index is 1.94. The van der Waals surface area contributed by atoms with Gasteiger partial charge in [0, 0.05) is 32.6 Å². The van der Waals surface area contributed by atoms with Crippen molar-refractivity contribution in [3.8, 4) is 0 Å². The Bertz CT molecular complexity index is 254. The van der Waals surface area contributed by atoms with E-state index in [1.165, 1.54) is 0 Å². The number of rotatable bonds is 5. The second kappa shape index (κ2) is 5.87. The van der Waals surface area contributed by atoms with Gasteiger partial charge in [-0.25, -0.2) is 0 Å². The first-order valence-electron chi connectivity index (χ1n) is 7.19. The first-order chi connectivity index (χ1) is 8.66. The number of ether oxygens (including phenoxy) is 3. The molecule has 4 nitrogen and oxygen atoms in total. The Labute approximate surface area is 110 Å². The summed E-state index contributed by atoms with van der Waals surface area (Å²) in [6.07, 6.45) is 6.26. The van der Waals surface area contributed by atoms with Crippen molar-refractivity contribution < 1.29 is 14.2 Å². The molecule has 1 heterocycles. The molecule has 2 N–H and O–H groups in total. The van der Waals surface area contributed by atoms with Crippen molar-refractivity contribution in [3.63, 3.8) is 0 Å². The molecule has 4 heteroatoms. The summed E-state index contributed by atoms with van der Waals surface area (Å²) in [6, 6.07) is 0.223. The van der Waals surface area contributed by atoms with Gasteiger partial charge in [-0.15, -0.1) is 0 Å². The van der Waals surface area contributed by atoms with Crippen molar-refractivity contribution in [1.29, 1.82) is 0 Å². The van der Waals surface area contributed by atoms with Gasteiger partial charge in [0.15, 0.2) is 5.79 Å². The maximum absolute atomic E-state index is 6.41. The zero-order valence-corrected chi connectivity index (χ0v) is 11.7. The highest BCUT2D eigenvalue weighted by Crippen LogP contribution is 2.48. The van der Waals surface area contributed by atoms with Crippen molar-refractivity contribution in [1.82, 2.24) is 0 Å². The monoisotopic (exact) mass is 257 g/mol. The highest BCUT2D eigenvalue weighted by molar-refractivity contribution is 4.96. The smallest absolute Gasteiger partial charge is 0.168 e. The van der Waals surface area contributed by atoms with Gasteiger partial charge in [-0.3, -0.25) is 0 Å². The molecule has 1 saturated heterocycles. The van der Waals surface area contributed by atoms with E-state index in [1.807, 2.05) is 0 Å². The number of methoxy groups -OCH3 is 1. The van der Waals surface area contributed by atoms with Crippen LogP contribution in [0.3, 0.4) is 0 Å². The molecular formula is C14H27NO3. The van der Waals surface area contributed by atoms with Crippen molar-refractivity contribution in [2.75, 3.05) is 26.9 Å². The van der Waals surface area contributed by atoms with Gasteiger partial charge in [0.2, 0.25) is 0 Å². The number of hydrogen-bond acceptors (Lipinski definition) is 4. The molecule has 106 valence electrons. The van der Waals surface area contributed by atoms with Crippen LogP contribution < -0.4 is 5.73 Å². The molecule has 1 aliphatic carbocycles. The lowest BCUT2D eigenvalue weighted by molar-refractivity contribution is -0.194. The predicted molar refractivity (Wildman–Crippen MR) is 70.3 cm³/mol. The Kier molecular flexibility index (Phi) is 4.64. The third kappa shape index (κ3) is 2.72. The van der Waals surface area contributed by atoms with Gasteiger partial charge in [-0.1, -0.05) is 6.92 Å². The summed E-state index contributed by atoms with van der Waals surface area (Å²) in [7, 11) is 1.74. The van der Waals surface area contributed by atoms with Gasteiger partial charge in [0.05, 0.1) is 13.2 Å². The van der Waals surface area contributed by atoms with Crippen LogP contribution in [0.5, 0.6) is 0 Å². The van der Waals surface area contributed by atoms with E-state index < -0.39 is 0 Å². The molecule has 0 amide bonds. The highest BCUT2D eigenvalue weighted by atomic mass is 16.7. The van der Waals surface area contributed by atoms with Crippen molar-refractivity contribution in [2.24, 2.45) is 11.1 Å². The van der Waals surface area contributed by atoms with Crippen LogP contribution in [0.2, 0.25) is 0 Å². The molecule has 1 unspecified atom stereocenters. The van der Waals surface area contributed by atoms with Crippen LogP contribution in [-0.4, -0.2) is 38.8 Å². The van der Waals surface area contributed by atoms with Crippen molar-refractivity contribution in [2.45, 2.75) is 57.3 Å². The van der Waals surface area contributed by atoms with E-state index in [1.54, 1.807) is 7.11 Å². The summed E-state index contributed by atoms with van der Waals surface area (Å²) in [6.45, 7) is 4.49. The van der Waals surface area contributed by atoms with Gasteiger partial charge in [-0.2, -0.15) is 0 Å². The molecular weight excluding hydrogens is 230 g/mol. The lowest BCUT2D eigenvalue weighted by Crippen LogP contribution is -2.48. The maximum Gasteiger partial charge on any atom is 0.168 e. The summed E-state index contributed by atoms with van der Waals surface area (Å²) in [4.78, 5) is 0. The van der Waals surface area contributed by atoms with E-state index in [9.17, 15) is 0 Å². The van der Waals surface area contributed by atoms with E-state index in [2.05, 4.69) is 6.92 Å². The fraction of sp³-hybridized carbons (Fsp3) is 1.00. The molecule has 18 heavy (non-hydrogen) atoms. The molecule has 0 radical (unpaired) electrons. The van der Waals surface area contributed by atoms with Gasteiger partial charge in [-0.05, 0) is 31.1 Å². The van der Waals surface area contributed by atoms with Gasteiger partial charge in [0.25, 0.3) is 0 Å². The molecule has 2 fully saturated rings. The van der Waals surface area contributed by atoms with Crippen LogP contribution in [0, 0.1) is 5.41 Å². The second-order valence-corrected chi connectivity index (χ2v) is 5.71. The lowest BCUT2D eigenvalue weighted by atomic mass is 9.65. The molecule has 1 spiro atoms. The maximum atomic E-state index is 6.41. The highest BCUT2D eigenvalue weighted by Gasteiger charge is 2.47. The average Bonchev–Trinajstić information content (AvgIpc) is 2.86. The molecule has 1 saturated carbocycles. The molecule has 0 bridgehead atoms. The summed E-state index contributed by atoms with van der Waals surface area (Å²) in [5.74, 6) is -0.278. The average molecular weight is 257 g/mol. The summed E-state index contributed by atoms with van der Waals surface area (Å²) >= 11 is 0. The number of hydrogen-bond donors (Lipinski definition) is 1. The largest absolute Gasteiger partial charge is 0.385 e. The summed E-state index contributed by atoms with van der Waals surface area (Å²) in [5, 5.41) is 0. The van der Waals surface area contributed by atoms with E-state index in [4.69, 9.17) is 19.9 Å². The minimum atomic E-state index is -0.278. The minimum Gasteiger partial charge on any atom is -0.385 e. The van der Waals surface area contributed by atoms with E-state index >= 15 is 0 Å². The van der Waals surface area contributed by atoms with Crippen LogP contribution in [0.4, 0.5) is 0 Å². The Morgan fingerprint density at radius 1 is 1.17 bits per heavy atom. The van der Waals surface area contributed by atoms with E-state index in [-0.39, 0.29) is 17.2 Å². The third-order valence-corrected chi connectivity index (χ3v) is 4.94. The fourth-order valence-electron chi connectivity index (χ4n) is 3.45. The number of nitrogens with two attached hydrogens (primary N) is 1. The zero-order chi connectivity index (χ0) is 13.1. The Morgan fingerprint density at radius 2 is 1.78 bits per heavy atom. The topological polar surface area (TPSA) is 53.7 Å². The molecule has 1 atom stereocenters. The zero-order valence-electron chi connectivity index (χ0n) is 11.7. The SMILES string of the molecule is CCC1(C(N)CCOC)CCC2(CC1)OCCO2. The van der Waals surface area contributed by atoms with Crippen LogP contribution in [0.1, 0.15) is 45.4 Å². The van der Waals surface area contributed by atoms with Gasteiger partial charge in [0.1, 0.15) is 0 Å². The summed E-state index contributed by atoms with van der Waals surface area (Å²) < 4.78 is 16.7. The second-order valence-electron chi connectivity index (χ2n) is 5.71. The van der Waals surface area contributed by atoms with E-state index in [0.717, 1.165) is 58.3 Å². The Hall–Kier alpha value is -0.160. The quantitative estimate of drug-likeness (QED) is 0.819. The van der Waals surface area contributed by atoms with Crippen LogP contribution in [-0.2, 0) is 14.2 Å². The normalized spacial score (nSPS) is 27.5. The Morgan fingerprint density at radius 3 is 2.28 bits per heavy atom. The van der Waals surface area contributed by atoms with E-state index in [0.29, 0.717) is 0 Å². The van der Waals surface area contributed by atoms with Crippen LogP contribution in [0.25, 0.3) is 0 Å². The predicted octanol–water partition coefficient (Wildman–Crippen LogP) is 2.06. The molecule has 0 aromatic carbocycles. The van der Waals surface area contributed by atoms with Crippen molar-refractivity contribution >= 4 is 0 Å². The summed E-state index contributed by atoms with van der Waals surface area (Å²) in [5.41, 5.74) is 6.65.